The van der Waals surface area contributed by atoms with Crippen molar-refractivity contribution in [3.63, 3.8) is 0 Å². The smallest absolute Gasteiger partial charge is 0.323 e. The number of nitrogens with one attached hydrogen (secondary N) is 3. The van der Waals surface area contributed by atoms with Crippen LogP contribution in [0.1, 0.15) is 0 Å². The molecule has 0 saturated carbocycles. The van der Waals surface area contributed by atoms with E-state index in [2.05, 4.69) is 5.10 Å². The van der Waals surface area contributed by atoms with Gasteiger partial charge in [0.25, 0.3) is 5.56 Å². The molecule has 0 unspecified atom stereocenters. The van der Waals surface area contributed by atoms with E-state index >= 15 is 0 Å². The number of amides is 1. The molecule has 2 rings (SSSR count). The molecule has 2 aromatic rings. The van der Waals surface area contributed by atoms with E-state index in [4.69, 9.17) is 0 Å². The molecule has 0 bridgehead atoms. The molecule has 0 spiro atoms. The van der Waals surface area contributed by atoms with Crippen LogP contribution in [-0.4, -0.2) is 26.8 Å². The predicted molar refractivity (Wildman–Crippen MR) is 71.1 cm³/mol. The number of thioether (sulfide) groups is 1. The number of aromatic amines is 2. The van der Waals surface area contributed by atoms with E-state index in [1.54, 1.807) is 0 Å². The summed E-state index contributed by atoms with van der Waals surface area (Å²) in [4.78, 5) is 35.5. The van der Waals surface area contributed by atoms with Crippen LogP contribution >= 0.6 is 11.8 Å². The maximum atomic E-state index is 13.4. The molecule has 0 aliphatic carbocycles. The predicted octanol–water partition coefficient (Wildman–Crippen LogP) is 0.606. The Labute approximate surface area is 123 Å². The third kappa shape index (κ3) is 3.55. The molecule has 1 heterocycles. The zero-order chi connectivity index (χ0) is 16.3. The third-order valence-electron chi connectivity index (χ3n) is 2.33. The van der Waals surface area contributed by atoms with Crippen LogP contribution in [0, 0.1) is 17.5 Å². The Bertz CT molecular complexity index is 836. The molecular weight excluding hydrogens is 325 g/mol. The average Bonchev–Trinajstić information content (AvgIpc) is 2.47. The summed E-state index contributed by atoms with van der Waals surface area (Å²) < 4.78 is 39.1. The van der Waals surface area contributed by atoms with Crippen LogP contribution in [0.15, 0.2) is 26.7 Å². The lowest BCUT2D eigenvalue weighted by atomic mass is 10.3. The highest BCUT2D eigenvalue weighted by atomic mass is 32.2. The van der Waals surface area contributed by atoms with Gasteiger partial charge in [0.15, 0.2) is 22.5 Å². The SMILES string of the molecule is O=C(CSc1n[nH]c(=O)[nH]c1=O)Nc1ccc(F)c(F)c1F. The molecular formula is C11H7F3N4O3S. The van der Waals surface area contributed by atoms with Crippen LogP contribution in [0.4, 0.5) is 18.9 Å². The fourth-order valence-corrected chi connectivity index (χ4v) is 2.01. The Morgan fingerprint density at radius 2 is 1.95 bits per heavy atom. The van der Waals surface area contributed by atoms with Gasteiger partial charge in [-0.05, 0) is 12.1 Å². The van der Waals surface area contributed by atoms with Gasteiger partial charge < -0.3 is 5.32 Å². The highest BCUT2D eigenvalue weighted by Crippen LogP contribution is 2.20. The van der Waals surface area contributed by atoms with Crippen molar-refractivity contribution in [1.82, 2.24) is 15.2 Å². The summed E-state index contributed by atoms with van der Waals surface area (Å²) in [6.45, 7) is 0. The van der Waals surface area contributed by atoms with E-state index in [-0.39, 0.29) is 10.8 Å². The Balaban J connectivity index is 2.03. The first-order valence-electron chi connectivity index (χ1n) is 5.63. The normalized spacial score (nSPS) is 10.5. The summed E-state index contributed by atoms with van der Waals surface area (Å²) in [7, 11) is 0. The quantitative estimate of drug-likeness (QED) is 0.561. The highest BCUT2D eigenvalue weighted by Gasteiger charge is 2.15. The number of hydrogen-bond acceptors (Lipinski definition) is 5. The van der Waals surface area contributed by atoms with Gasteiger partial charge >= 0.3 is 5.69 Å². The second kappa shape index (κ2) is 6.47. The van der Waals surface area contributed by atoms with E-state index in [0.717, 1.165) is 6.07 Å². The Morgan fingerprint density at radius 1 is 1.23 bits per heavy atom. The summed E-state index contributed by atoms with van der Waals surface area (Å²) in [5, 5.41) is 7.24. The number of anilines is 1. The summed E-state index contributed by atoms with van der Waals surface area (Å²) in [6, 6.07) is 1.52. The summed E-state index contributed by atoms with van der Waals surface area (Å²) >= 11 is 0.669. The lowest BCUT2D eigenvalue weighted by Crippen LogP contribution is -2.25. The third-order valence-corrected chi connectivity index (χ3v) is 3.29. The molecule has 1 aromatic carbocycles. The van der Waals surface area contributed by atoms with Crippen LogP contribution in [0.2, 0.25) is 0 Å². The number of H-pyrrole nitrogens is 2. The highest BCUT2D eigenvalue weighted by molar-refractivity contribution is 7.99. The van der Waals surface area contributed by atoms with E-state index in [1.165, 1.54) is 0 Å². The molecule has 1 amide bonds. The molecule has 116 valence electrons. The molecule has 0 aliphatic heterocycles. The monoisotopic (exact) mass is 332 g/mol. The van der Waals surface area contributed by atoms with Gasteiger partial charge in [0.05, 0.1) is 11.4 Å². The van der Waals surface area contributed by atoms with Gasteiger partial charge in [-0.25, -0.2) is 23.1 Å². The molecule has 0 fully saturated rings. The van der Waals surface area contributed by atoms with Crippen molar-refractivity contribution in [2.45, 2.75) is 5.03 Å². The lowest BCUT2D eigenvalue weighted by Gasteiger charge is -2.06. The first kappa shape index (κ1) is 15.8. The van der Waals surface area contributed by atoms with Crippen molar-refractivity contribution in [2.24, 2.45) is 0 Å². The molecule has 0 atom stereocenters. The minimum atomic E-state index is -1.70. The van der Waals surface area contributed by atoms with Crippen LogP contribution in [0.25, 0.3) is 0 Å². The molecule has 3 N–H and O–H groups in total. The minimum absolute atomic E-state index is 0.180. The maximum Gasteiger partial charge on any atom is 0.342 e. The standard InChI is InChI=1S/C11H7F3N4O3S/c12-4-1-2-5(8(14)7(4)13)15-6(19)3-22-10-9(20)16-11(21)18-17-10/h1-2H,3H2,(H,15,19)(H2,16,18,20,21). The molecule has 22 heavy (non-hydrogen) atoms. The van der Waals surface area contributed by atoms with Crippen LogP contribution in [-0.2, 0) is 4.79 Å². The Hall–Kier alpha value is -2.56. The molecule has 1 aromatic heterocycles. The molecule has 11 heteroatoms. The number of rotatable bonds is 4. The van der Waals surface area contributed by atoms with Gasteiger partial charge in [-0.3, -0.25) is 14.6 Å². The van der Waals surface area contributed by atoms with Gasteiger partial charge in [-0.15, -0.1) is 0 Å². The lowest BCUT2D eigenvalue weighted by molar-refractivity contribution is -0.113. The maximum absolute atomic E-state index is 13.4. The fraction of sp³-hybridized carbons (Fsp3) is 0.0909. The zero-order valence-electron chi connectivity index (χ0n) is 10.6. The molecule has 0 aliphatic rings. The number of carbonyl (C=O) groups excluding carboxylic acids is 1. The molecule has 7 nitrogen and oxygen atoms in total. The first-order chi connectivity index (χ1) is 10.4. The van der Waals surface area contributed by atoms with E-state index in [1.807, 2.05) is 15.4 Å². The topological polar surface area (TPSA) is 108 Å². The second-order valence-corrected chi connectivity index (χ2v) is 4.84. The number of nitrogens with zero attached hydrogens (tertiary/aromatic N) is 1. The van der Waals surface area contributed by atoms with Gasteiger partial charge in [0.2, 0.25) is 5.91 Å². The molecule has 0 saturated heterocycles. The number of carbonyl (C=O) groups is 1. The van der Waals surface area contributed by atoms with Crippen molar-refractivity contribution in [3.8, 4) is 0 Å². The number of halogens is 3. The van der Waals surface area contributed by atoms with Crippen molar-refractivity contribution >= 4 is 23.4 Å². The van der Waals surface area contributed by atoms with Gasteiger partial charge in [-0.2, -0.15) is 5.10 Å². The number of aromatic nitrogens is 3. The Morgan fingerprint density at radius 3 is 2.64 bits per heavy atom. The van der Waals surface area contributed by atoms with Gasteiger partial charge in [0, 0.05) is 0 Å². The van der Waals surface area contributed by atoms with Crippen LogP contribution in [0.3, 0.4) is 0 Å². The summed E-state index contributed by atoms with van der Waals surface area (Å²) in [6.07, 6.45) is 0. The van der Waals surface area contributed by atoms with E-state index in [9.17, 15) is 27.6 Å². The zero-order valence-corrected chi connectivity index (χ0v) is 11.4. The fourth-order valence-electron chi connectivity index (χ4n) is 1.38. The first-order valence-corrected chi connectivity index (χ1v) is 6.62. The van der Waals surface area contributed by atoms with Crippen LogP contribution in [0.5, 0.6) is 0 Å². The van der Waals surface area contributed by atoms with Gasteiger partial charge in [-0.1, -0.05) is 11.8 Å². The average molecular weight is 332 g/mol. The van der Waals surface area contributed by atoms with E-state index in [0.29, 0.717) is 17.8 Å². The van der Waals surface area contributed by atoms with Crippen molar-refractivity contribution in [3.05, 3.63) is 50.4 Å². The van der Waals surface area contributed by atoms with Crippen molar-refractivity contribution in [1.29, 1.82) is 0 Å². The van der Waals surface area contributed by atoms with Gasteiger partial charge in [0.1, 0.15) is 0 Å². The summed E-state index contributed by atoms with van der Waals surface area (Å²) in [5.74, 6) is -5.75. The summed E-state index contributed by atoms with van der Waals surface area (Å²) in [5.41, 5.74) is -2.13. The Kier molecular flexibility index (Phi) is 4.65. The van der Waals surface area contributed by atoms with Crippen LogP contribution < -0.4 is 16.6 Å². The minimum Gasteiger partial charge on any atom is -0.323 e. The molecule has 0 radical (unpaired) electrons. The second-order valence-electron chi connectivity index (χ2n) is 3.87. The van der Waals surface area contributed by atoms with E-state index < -0.39 is 40.3 Å². The number of hydrogen-bond donors (Lipinski definition) is 3. The number of benzene rings is 1. The largest absolute Gasteiger partial charge is 0.342 e. The van der Waals surface area contributed by atoms with Crippen molar-refractivity contribution in [2.75, 3.05) is 11.1 Å². The van der Waals surface area contributed by atoms with Crippen molar-refractivity contribution < 1.29 is 18.0 Å².